The third kappa shape index (κ3) is 6.27. The van der Waals surface area contributed by atoms with E-state index < -0.39 is 0 Å². The molecule has 1 heterocycles. The molecule has 0 atom stereocenters. The first-order valence-corrected chi connectivity index (χ1v) is 12.7. The number of hydrogen-bond donors (Lipinski definition) is 0. The van der Waals surface area contributed by atoms with Gasteiger partial charge in [0.1, 0.15) is 11.5 Å². The van der Waals surface area contributed by atoms with Gasteiger partial charge in [-0.15, -0.1) is 0 Å². The van der Waals surface area contributed by atoms with Crippen molar-refractivity contribution in [1.82, 2.24) is 9.88 Å². The van der Waals surface area contributed by atoms with Crippen molar-refractivity contribution >= 4 is 16.7 Å². The topological polar surface area (TPSA) is 60.9 Å². The SMILES string of the molecule is CCN(CC)CCCOc1cc2nccc(Oc3ccc(C)cc3C(=O)c3ccccc3)c2cc1OC. The molecule has 0 radical (unpaired) electrons. The van der Waals surface area contributed by atoms with Crippen LogP contribution in [-0.2, 0) is 0 Å². The molecule has 0 aliphatic carbocycles. The number of pyridine rings is 1. The second kappa shape index (κ2) is 12.4. The smallest absolute Gasteiger partial charge is 0.196 e. The molecule has 192 valence electrons. The summed E-state index contributed by atoms with van der Waals surface area (Å²) in [7, 11) is 1.62. The Morgan fingerprint density at radius 3 is 2.41 bits per heavy atom. The molecule has 37 heavy (non-hydrogen) atoms. The van der Waals surface area contributed by atoms with Gasteiger partial charge >= 0.3 is 0 Å². The number of carbonyl (C=O) groups excluding carboxylic acids is 1. The Balaban J connectivity index is 1.61. The minimum atomic E-state index is -0.0874. The Labute approximate surface area is 218 Å². The van der Waals surface area contributed by atoms with E-state index in [9.17, 15) is 4.79 Å². The molecule has 1 aromatic heterocycles. The van der Waals surface area contributed by atoms with Crippen LogP contribution in [0.4, 0.5) is 0 Å². The maximum absolute atomic E-state index is 13.3. The molecule has 3 aromatic carbocycles. The number of hydrogen-bond acceptors (Lipinski definition) is 6. The first-order chi connectivity index (χ1) is 18.0. The van der Waals surface area contributed by atoms with Crippen molar-refractivity contribution in [2.75, 3.05) is 33.4 Å². The molecule has 0 amide bonds. The molecule has 0 saturated carbocycles. The van der Waals surface area contributed by atoms with Crippen molar-refractivity contribution in [3.63, 3.8) is 0 Å². The molecule has 4 aromatic rings. The summed E-state index contributed by atoms with van der Waals surface area (Å²) in [5, 5.41) is 0.772. The van der Waals surface area contributed by atoms with Crippen molar-refractivity contribution in [2.24, 2.45) is 0 Å². The first kappa shape index (κ1) is 26.2. The second-order valence-corrected chi connectivity index (χ2v) is 8.86. The van der Waals surface area contributed by atoms with Crippen LogP contribution in [0.15, 0.2) is 72.9 Å². The Bertz CT molecular complexity index is 1350. The molecule has 0 bridgehead atoms. The van der Waals surface area contributed by atoms with Crippen LogP contribution in [0.5, 0.6) is 23.0 Å². The zero-order valence-electron chi connectivity index (χ0n) is 22.0. The van der Waals surface area contributed by atoms with Crippen molar-refractivity contribution in [1.29, 1.82) is 0 Å². The summed E-state index contributed by atoms with van der Waals surface area (Å²) in [4.78, 5) is 20.2. The van der Waals surface area contributed by atoms with Crippen LogP contribution in [0.1, 0.15) is 41.8 Å². The van der Waals surface area contributed by atoms with Gasteiger partial charge in [-0.3, -0.25) is 9.78 Å². The summed E-state index contributed by atoms with van der Waals surface area (Å²) in [6, 6.07) is 20.4. The Hall–Kier alpha value is -3.90. The van der Waals surface area contributed by atoms with Crippen molar-refractivity contribution in [3.8, 4) is 23.0 Å². The molecule has 0 fully saturated rings. The lowest BCUT2D eigenvalue weighted by atomic mass is 10.0. The van der Waals surface area contributed by atoms with E-state index in [1.165, 1.54) is 0 Å². The monoisotopic (exact) mass is 498 g/mol. The fourth-order valence-electron chi connectivity index (χ4n) is 4.27. The van der Waals surface area contributed by atoms with E-state index in [1.54, 1.807) is 19.4 Å². The van der Waals surface area contributed by atoms with Gasteiger partial charge in [0, 0.05) is 29.8 Å². The molecule has 0 N–H and O–H groups in total. The molecule has 0 saturated heterocycles. The van der Waals surface area contributed by atoms with Gasteiger partial charge in [-0.1, -0.05) is 55.8 Å². The van der Waals surface area contributed by atoms with E-state index >= 15 is 0 Å². The number of ketones is 1. The molecular weight excluding hydrogens is 464 g/mol. The summed E-state index contributed by atoms with van der Waals surface area (Å²) in [5.41, 5.74) is 2.83. The quantitative estimate of drug-likeness (QED) is 0.160. The van der Waals surface area contributed by atoms with Gasteiger partial charge < -0.3 is 19.1 Å². The summed E-state index contributed by atoms with van der Waals surface area (Å²) in [5.74, 6) is 2.24. The number of carbonyl (C=O) groups is 1. The van der Waals surface area contributed by atoms with Crippen molar-refractivity contribution in [3.05, 3.63) is 89.6 Å². The number of methoxy groups -OCH3 is 1. The van der Waals surface area contributed by atoms with Gasteiger partial charge in [-0.25, -0.2) is 0 Å². The lowest BCUT2D eigenvalue weighted by molar-refractivity contribution is 0.103. The average Bonchev–Trinajstić information content (AvgIpc) is 2.94. The molecule has 6 heteroatoms. The third-order valence-electron chi connectivity index (χ3n) is 6.39. The fourth-order valence-corrected chi connectivity index (χ4v) is 4.27. The lowest BCUT2D eigenvalue weighted by Crippen LogP contribution is -2.25. The molecule has 6 nitrogen and oxygen atoms in total. The highest BCUT2D eigenvalue weighted by Gasteiger charge is 2.18. The van der Waals surface area contributed by atoms with E-state index in [4.69, 9.17) is 14.2 Å². The molecular formula is C31H34N2O4. The number of ether oxygens (including phenoxy) is 3. The highest BCUT2D eigenvalue weighted by Crippen LogP contribution is 2.38. The summed E-state index contributed by atoms with van der Waals surface area (Å²) in [6.07, 6.45) is 2.62. The number of aromatic nitrogens is 1. The molecule has 0 aliphatic heterocycles. The van der Waals surface area contributed by atoms with Gasteiger partial charge in [0.25, 0.3) is 0 Å². The van der Waals surface area contributed by atoms with Crippen LogP contribution in [0.2, 0.25) is 0 Å². The zero-order valence-corrected chi connectivity index (χ0v) is 22.0. The van der Waals surface area contributed by atoms with E-state index in [0.29, 0.717) is 40.7 Å². The number of fused-ring (bicyclic) bond motifs is 1. The van der Waals surface area contributed by atoms with Gasteiger partial charge in [-0.05, 0) is 50.7 Å². The normalized spacial score (nSPS) is 11.1. The predicted molar refractivity (Wildman–Crippen MR) is 147 cm³/mol. The van der Waals surface area contributed by atoms with Crippen LogP contribution in [0.25, 0.3) is 10.9 Å². The van der Waals surface area contributed by atoms with Crippen molar-refractivity contribution < 1.29 is 19.0 Å². The summed E-state index contributed by atoms with van der Waals surface area (Å²) in [6.45, 7) is 9.92. The maximum Gasteiger partial charge on any atom is 0.196 e. The van der Waals surface area contributed by atoms with Crippen LogP contribution < -0.4 is 14.2 Å². The first-order valence-electron chi connectivity index (χ1n) is 12.7. The average molecular weight is 499 g/mol. The van der Waals surface area contributed by atoms with Crippen LogP contribution in [0, 0.1) is 6.92 Å². The summed E-state index contributed by atoms with van der Waals surface area (Å²) >= 11 is 0. The summed E-state index contributed by atoms with van der Waals surface area (Å²) < 4.78 is 18.1. The Kier molecular flexibility index (Phi) is 8.75. The fraction of sp³-hybridized carbons (Fsp3) is 0.290. The van der Waals surface area contributed by atoms with Gasteiger partial charge in [-0.2, -0.15) is 0 Å². The van der Waals surface area contributed by atoms with E-state index in [-0.39, 0.29) is 5.78 Å². The molecule has 0 unspecified atom stereocenters. The van der Waals surface area contributed by atoms with Crippen molar-refractivity contribution in [2.45, 2.75) is 27.2 Å². The molecule has 0 aliphatic rings. The second-order valence-electron chi connectivity index (χ2n) is 8.86. The third-order valence-corrected chi connectivity index (χ3v) is 6.39. The number of aryl methyl sites for hydroxylation is 1. The minimum absolute atomic E-state index is 0.0874. The maximum atomic E-state index is 13.3. The van der Waals surface area contributed by atoms with Crippen LogP contribution >= 0.6 is 0 Å². The van der Waals surface area contributed by atoms with Gasteiger partial charge in [0.05, 0.1) is 24.8 Å². The molecule has 0 spiro atoms. The zero-order chi connectivity index (χ0) is 26.2. The number of rotatable bonds is 12. The van der Waals surface area contributed by atoms with E-state index in [0.717, 1.165) is 42.5 Å². The van der Waals surface area contributed by atoms with E-state index in [2.05, 4.69) is 23.7 Å². The van der Waals surface area contributed by atoms with E-state index in [1.807, 2.05) is 67.6 Å². The highest BCUT2D eigenvalue weighted by molar-refractivity contribution is 6.11. The Morgan fingerprint density at radius 1 is 0.892 bits per heavy atom. The predicted octanol–water partition coefficient (Wildman–Crippen LogP) is 6.69. The number of nitrogens with zero attached hydrogens (tertiary/aromatic N) is 2. The number of benzene rings is 3. The Morgan fingerprint density at radius 2 is 1.68 bits per heavy atom. The molecule has 4 rings (SSSR count). The van der Waals surface area contributed by atoms with Gasteiger partial charge in [0.15, 0.2) is 17.3 Å². The lowest BCUT2D eigenvalue weighted by Gasteiger charge is -2.18. The highest BCUT2D eigenvalue weighted by atomic mass is 16.5. The minimum Gasteiger partial charge on any atom is -0.493 e. The van der Waals surface area contributed by atoms with Crippen LogP contribution in [-0.4, -0.2) is 49.0 Å². The van der Waals surface area contributed by atoms with Crippen LogP contribution in [0.3, 0.4) is 0 Å². The van der Waals surface area contributed by atoms with Gasteiger partial charge in [0.2, 0.25) is 0 Å². The standard InChI is InChI=1S/C31H34N2O4/c1-5-33(6-2)17-10-18-36-30-21-26-24(20-29(30)35-4)28(15-16-32-26)37-27-14-13-22(3)19-25(27)31(34)23-11-8-7-9-12-23/h7-9,11-16,19-21H,5-6,10,17-18H2,1-4H3. The largest absolute Gasteiger partial charge is 0.493 e.